The molecule has 0 spiro atoms. The normalized spacial score (nSPS) is 11.6. The van der Waals surface area contributed by atoms with Crippen LogP contribution < -0.4 is 10.1 Å². The van der Waals surface area contributed by atoms with Gasteiger partial charge in [-0.1, -0.05) is 23.2 Å². The first-order valence-electron chi connectivity index (χ1n) is 9.04. The van der Waals surface area contributed by atoms with Gasteiger partial charge < -0.3 is 10.1 Å². The van der Waals surface area contributed by atoms with Crippen LogP contribution in [0.25, 0.3) is 16.7 Å². The van der Waals surface area contributed by atoms with Gasteiger partial charge in [-0.2, -0.15) is 13.2 Å². The fourth-order valence-corrected chi connectivity index (χ4v) is 3.58. The molecule has 2 aromatic heterocycles. The van der Waals surface area contributed by atoms with Crippen molar-refractivity contribution in [1.29, 1.82) is 0 Å². The molecule has 0 atom stereocenters. The Morgan fingerprint density at radius 3 is 2.50 bits per heavy atom. The third-order valence-corrected chi connectivity index (χ3v) is 5.09. The van der Waals surface area contributed by atoms with Crippen molar-refractivity contribution < 1.29 is 22.7 Å². The van der Waals surface area contributed by atoms with Crippen LogP contribution in [0.3, 0.4) is 0 Å². The molecule has 0 bridgehead atoms. The summed E-state index contributed by atoms with van der Waals surface area (Å²) >= 11 is 11.9. The molecule has 2 aromatic carbocycles. The third kappa shape index (κ3) is 4.21. The molecule has 0 saturated heterocycles. The molecule has 2 heterocycles. The van der Waals surface area contributed by atoms with Crippen molar-refractivity contribution in [3.8, 4) is 11.4 Å². The zero-order valence-corrected chi connectivity index (χ0v) is 17.8. The lowest BCUT2D eigenvalue weighted by atomic mass is 10.2. The number of imidazole rings is 1. The minimum absolute atomic E-state index is 0.117. The number of ether oxygens (including phenoxy) is 1. The average Bonchev–Trinajstić information content (AvgIpc) is 3.13. The summed E-state index contributed by atoms with van der Waals surface area (Å²) < 4.78 is 47.0. The maximum atomic E-state index is 13.6. The van der Waals surface area contributed by atoms with E-state index in [-0.39, 0.29) is 33.1 Å². The zero-order chi connectivity index (χ0) is 23.0. The summed E-state index contributed by atoms with van der Waals surface area (Å²) in [6, 6.07) is 11.6. The van der Waals surface area contributed by atoms with E-state index < -0.39 is 17.9 Å². The highest BCUT2D eigenvalue weighted by Gasteiger charge is 2.38. The van der Waals surface area contributed by atoms with Gasteiger partial charge in [-0.3, -0.25) is 9.36 Å². The van der Waals surface area contributed by atoms with Crippen molar-refractivity contribution in [2.75, 3.05) is 12.4 Å². The number of halogens is 5. The fraction of sp³-hybridized carbons (Fsp3) is 0.0952. The van der Waals surface area contributed by atoms with E-state index in [1.165, 1.54) is 55.8 Å². The van der Waals surface area contributed by atoms with Gasteiger partial charge >= 0.3 is 6.18 Å². The van der Waals surface area contributed by atoms with Crippen LogP contribution in [0.5, 0.6) is 5.75 Å². The predicted octanol–water partition coefficient (Wildman–Crippen LogP) is 6.01. The van der Waals surface area contributed by atoms with Gasteiger partial charge in [0, 0.05) is 11.1 Å². The summed E-state index contributed by atoms with van der Waals surface area (Å²) in [5.41, 5.74) is 0.638. The number of alkyl halides is 3. The second kappa shape index (κ2) is 8.33. The Morgan fingerprint density at radius 1 is 1.09 bits per heavy atom. The van der Waals surface area contributed by atoms with Crippen molar-refractivity contribution in [2.24, 2.45) is 0 Å². The number of carbonyl (C=O) groups excluding carboxylic acids is 1. The molecule has 0 aliphatic heterocycles. The van der Waals surface area contributed by atoms with E-state index in [1.54, 1.807) is 6.07 Å². The number of aromatic nitrogens is 3. The molecule has 0 radical (unpaired) electrons. The Kier molecular flexibility index (Phi) is 5.70. The van der Waals surface area contributed by atoms with Gasteiger partial charge in [0.1, 0.15) is 11.6 Å². The van der Waals surface area contributed by atoms with Gasteiger partial charge in [0.05, 0.1) is 40.6 Å². The van der Waals surface area contributed by atoms with Crippen LogP contribution in [0, 0.1) is 0 Å². The van der Waals surface area contributed by atoms with E-state index in [2.05, 4.69) is 15.3 Å². The number of amides is 1. The number of fused-ring (bicyclic) bond motifs is 1. The standard InChI is InChI=1S/C21H13Cl2F3N4O2/c1-32-13-4-6-17-16(9-13)28-20(21(24,25)26)30(17)12-3-7-18(27-10-12)29-19(31)14-5-2-11(22)8-15(14)23/h2-10H,1H3,(H,27,29,31). The monoisotopic (exact) mass is 480 g/mol. The van der Waals surface area contributed by atoms with E-state index in [0.717, 1.165) is 4.57 Å². The van der Waals surface area contributed by atoms with Gasteiger partial charge in [0.2, 0.25) is 5.82 Å². The van der Waals surface area contributed by atoms with Crippen LogP contribution in [0.2, 0.25) is 10.0 Å². The Balaban J connectivity index is 1.69. The van der Waals surface area contributed by atoms with Crippen LogP contribution in [0.15, 0.2) is 54.7 Å². The predicted molar refractivity (Wildman–Crippen MR) is 115 cm³/mol. The number of nitrogens with zero attached hydrogens (tertiary/aromatic N) is 3. The Hall–Kier alpha value is -3.30. The van der Waals surface area contributed by atoms with E-state index >= 15 is 0 Å². The molecule has 0 aliphatic rings. The summed E-state index contributed by atoms with van der Waals surface area (Å²) in [7, 11) is 1.41. The third-order valence-electron chi connectivity index (χ3n) is 4.54. The summed E-state index contributed by atoms with van der Waals surface area (Å²) in [4.78, 5) is 20.2. The van der Waals surface area contributed by atoms with E-state index in [1.807, 2.05) is 0 Å². The first kappa shape index (κ1) is 21.9. The molecule has 0 saturated carbocycles. The fourth-order valence-electron chi connectivity index (χ4n) is 3.09. The van der Waals surface area contributed by atoms with E-state index in [4.69, 9.17) is 27.9 Å². The molecule has 6 nitrogen and oxygen atoms in total. The highest BCUT2D eigenvalue weighted by molar-refractivity contribution is 6.37. The van der Waals surface area contributed by atoms with E-state index in [9.17, 15) is 18.0 Å². The van der Waals surface area contributed by atoms with Crippen LogP contribution in [0.4, 0.5) is 19.0 Å². The Morgan fingerprint density at radius 2 is 1.88 bits per heavy atom. The first-order valence-corrected chi connectivity index (χ1v) is 9.79. The summed E-state index contributed by atoms with van der Waals surface area (Å²) in [6.07, 6.45) is -3.50. The highest BCUT2D eigenvalue weighted by atomic mass is 35.5. The maximum Gasteiger partial charge on any atom is 0.450 e. The minimum Gasteiger partial charge on any atom is -0.497 e. The molecule has 0 aliphatic carbocycles. The summed E-state index contributed by atoms with van der Waals surface area (Å²) in [6.45, 7) is 0. The first-order chi connectivity index (χ1) is 15.2. The topological polar surface area (TPSA) is 69.0 Å². The van der Waals surface area contributed by atoms with Crippen molar-refractivity contribution in [3.05, 3.63) is 76.2 Å². The molecule has 164 valence electrons. The molecule has 0 fully saturated rings. The molecule has 32 heavy (non-hydrogen) atoms. The van der Waals surface area contributed by atoms with Crippen LogP contribution >= 0.6 is 23.2 Å². The number of hydrogen-bond acceptors (Lipinski definition) is 4. The number of methoxy groups -OCH3 is 1. The second-order valence-electron chi connectivity index (χ2n) is 6.60. The van der Waals surface area contributed by atoms with Crippen molar-refractivity contribution in [2.45, 2.75) is 6.18 Å². The second-order valence-corrected chi connectivity index (χ2v) is 7.45. The van der Waals surface area contributed by atoms with Crippen molar-refractivity contribution in [3.63, 3.8) is 0 Å². The minimum atomic E-state index is -4.70. The summed E-state index contributed by atoms with van der Waals surface area (Å²) in [5, 5.41) is 3.08. The molecule has 4 rings (SSSR count). The molecule has 4 aromatic rings. The smallest absolute Gasteiger partial charge is 0.450 e. The SMILES string of the molecule is COc1ccc2c(c1)nc(C(F)(F)F)n2-c1ccc(NC(=O)c2ccc(Cl)cc2Cl)nc1. The number of hydrogen-bond donors (Lipinski definition) is 1. The van der Waals surface area contributed by atoms with Gasteiger partial charge in [0.15, 0.2) is 0 Å². The van der Waals surface area contributed by atoms with E-state index in [0.29, 0.717) is 10.8 Å². The van der Waals surface area contributed by atoms with Gasteiger partial charge in [-0.05, 0) is 42.5 Å². The largest absolute Gasteiger partial charge is 0.497 e. The molecule has 11 heteroatoms. The lowest BCUT2D eigenvalue weighted by Gasteiger charge is -2.12. The van der Waals surface area contributed by atoms with Gasteiger partial charge in [0.25, 0.3) is 5.91 Å². The van der Waals surface area contributed by atoms with Crippen molar-refractivity contribution >= 4 is 46.0 Å². The number of benzene rings is 2. The van der Waals surface area contributed by atoms with Crippen LogP contribution in [-0.4, -0.2) is 27.6 Å². The highest BCUT2D eigenvalue weighted by Crippen LogP contribution is 2.35. The quantitative estimate of drug-likeness (QED) is 0.388. The average molecular weight is 481 g/mol. The Bertz CT molecular complexity index is 1320. The number of pyridine rings is 1. The Labute approximate surface area is 189 Å². The molecule has 1 amide bonds. The van der Waals surface area contributed by atoms with Gasteiger partial charge in [-0.25, -0.2) is 9.97 Å². The molecular weight excluding hydrogens is 468 g/mol. The molecular formula is C21H13Cl2F3N4O2. The lowest BCUT2D eigenvalue weighted by Crippen LogP contribution is -2.15. The van der Waals surface area contributed by atoms with Crippen LogP contribution in [-0.2, 0) is 6.18 Å². The van der Waals surface area contributed by atoms with Gasteiger partial charge in [-0.15, -0.1) is 0 Å². The number of anilines is 1. The van der Waals surface area contributed by atoms with Crippen molar-refractivity contribution in [1.82, 2.24) is 14.5 Å². The zero-order valence-electron chi connectivity index (χ0n) is 16.2. The number of carbonyl (C=O) groups is 1. The molecule has 0 unspecified atom stereocenters. The lowest BCUT2D eigenvalue weighted by molar-refractivity contribution is -0.145. The number of rotatable bonds is 4. The molecule has 1 N–H and O–H groups in total. The maximum absolute atomic E-state index is 13.6. The number of nitrogens with one attached hydrogen (secondary N) is 1. The van der Waals surface area contributed by atoms with Crippen LogP contribution in [0.1, 0.15) is 16.2 Å². The summed E-state index contributed by atoms with van der Waals surface area (Å²) in [5.74, 6) is -1.13.